The molecule has 1 aliphatic heterocycles. The Morgan fingerprint density at radius 3 is 2.20 bits per heavy atom. The van der Waals surface area contributed by atoms with Gasteiger partial charge in [0.05, 0.1) is 5.56 Å². The van der Waals surface area contributed by atoms with Crippen molar-refractivity contribution in [3.8, 4) is 0 Å². The highest BCUT2D eigenvalue weighted by Crippen LogP contribution is 2.34. The highest BCUT2D eigenvalue weighted by molar-refractivity contribution is 5.51. The van der Waals surface area contributed by atoms with E-state index in [1.807, 2.05) is 38.2 Å². The average Bonchev–Trinajstić information content (AvgIpc) is 2.72. The molecule has 0 atom stereocenters. The Labute approximate surface area is 176 Å². The lowest BCUT2D eigenvalue weighted by molar-refractivity contribution is -0.138. The van der Waals surface area contributed by atoms with Gasteiger partial charge >= 0.3 is 6.18 Å². The van der Waals surface area contributed by atoms with E-state index in [2.05, 4.69) is 19.7 Å². The fourth-order valence-corrected chi connectivity index (χ4v) is 3.66. The van der Waals surface area contributed by atoms with E-state index in [4.69, 9.17) is 0 Å². The zero-order valence-corrected chi connectivity index (χ0v) is 17.9. The van der Waals surface area contributed by atoms with Crippen LogP contribution in [0.3, 0.4) is 0 Å². The highest BCUT2D eigenvalue weighted by atomic mass is 19.4. The summed E-state index contributed by atoms with van der Waals surface area (Å²) in [6.07, 6.45) is -0.833. The van der Waals surface area contributed by atoms with Gasteiger partial charge in [-0.1, -0.05) is 0 Å². The van der Waals surface area contributed by atoms with Crippen LogP contribution in [0.4, 0.5) is 24.5 Å². The number of alkyl halides is 3. The molecule has 0 N–H and O–H groups in total. The van der Waals surface area contributed by atoms with E-state index in [-0.39, 0.29) is 0 Å². The van der Waals surface area contributed by atoms with Crippen LogP contribution in [0.2, 0.25) is 0 Å². The van der Waals surface area contributed by atoms with Gasteiger partial charge in [-0.05, 0) is 50.0 Å². The Bertz CT molecular complexity index is 802. The smallest absolute Gasteiger partial charge is 0.373 e. The summed E-state index contributed by atoms with van der Waals surface area (Å²) in [5, 5.41) is 0. The van der Waals surface area contributed by atoms with Crippen LogP contribution in [-0.4, -0.2) is 75.2 Å². The maximum atomic E-state index is 13.6. The monoisotopic (exact) mass is 421 g/mol. The van der Waals surface area contributed by atoms with Crippen molar-refractivity contribution in [2.45, 2.75) is 12.7 Å². The zero-order chi connectivity index (χ0) is 21.7. The standard InChI is InChI=1S/C22H30F3N5/c1-27(2)10-11-28(3)20-4-5-21(22(23,24)25)18(16-20)17-29-12-14-30(15-13-29)19-6-8-26-9-7-19/h4-9,16H,10-15,17H2,1-3H3. The maximum Gasteiger partial charge on any atom is 0.416 e. The van der Waals surface area contributed by atoms with Crippen LogP contribution in [0.1, 0.15) is 11.1 Å². The Morgan fingerprint density at radius 2 is 1.60 bits per heavy atom. The lowest BCUT2D eigenvalue weighted by Gasteiger charge is -2.36. The number of piperazine rings is 1. The molecule has 0 aliphatic carbocycles. The molecule has 2 aromatic rings. The number of likely N-dealkylation sites (N-methyl/N-ethyl adjacent to an activating group) is 2. The fourth-order valence-electron chi connectivity index (χ4n) is 3.66. The molecule has 1 fully saturated rings. The molecular weight excluding hydrogens is 391 g/mol. The second-order valence-electron chi connectivity index (χ2n) is 8.03. The van der Waals surface area contributed by atoms with Crippen LogP contribution in [-0.2, 0) is 12.7 Å². The molecule has 1 aromatic carbocycles. The highest BCUT2D eigenvalue weighted by Gasteiger charge is 2.34. The van der Waals surface area contributed by atoms with Gasteiger partial charge in [0, 0.05) is 76.6 Å². The van der Waals surface area contributed by atoms with Gasteiger partial charge in [-0.2, -0.15) is 13.2 Å². The van der Waals surface area contributed by atoms with E-state index in [0.29, 0.717) is 12.1 Å². The molecule has 1 saturated heterocycles. The molecule has 1 aliphatic rings. The quantitative estimate of drug-likeness (QED) is 0.683. The molecular formula is C22H30F3N5. The molecule has 0 radical (unpaired) electrons. The number of anilines is 2. The molecule has 0 unspecified atom stereocenters. The summed E-state index contributed by atoms with van der Waals surface area (Å²) in [6.45, 7) is 4.91. The lowest BCUT2D eigenvalue weighted by atomic mass is 10.0. The third kappa shape index (κ3) is 5.86. The second-order valence-corrected chi connectivity index (χ2v) is 8.03. The summed E-state index contributed by atoms with van der Waals surface area (Å²) in [6, 6.07) is 8.43. The third-order valence-electron chi connectivity index (χ3n) is 5.51. The van der Waals surface area contributed by atoms with Crippen molar-refractivity contribution in [3.63, 3.8) is 0 Å². The SMILES string of the molecule is CN(C)CCN(C)c1ccc(C(F)(F)F)c(CN2CCN(c3ccncc3)CC2)c1. The molecule has 0 bridgehead atoms. The van der Waals surface area contributed by atoms with Gasteiger partial charge in [-0.3, -0.25) is 9.88 Å². The van der Waals surface area contributed by atoms with Crippen LogP contribution in [0.15, 0.2) is 42.7 Å². The lowest BCUT2D eigenvalue weighted by Crippen LogP contribution is -2.46. The van der Waals surface area contributed by atoms with Crippen LogP contribution < -0.4 is 9.80 Å². The van der Waals surface area contributed by atoms with Crippen LogP contribution in [0, 0.1) is 0 Å². The summed E-state index contributed by atoms with van der Waals surface area (Å²) in [4.78, 5) is 12.5. The minimum atomic E-state index is -4.35. The Morgan fingerprint density at radius 1 is 0.933 bits per heavy atom. The van der Waals surface area contributed by atoms with Crippen molar-refractivity contribution in [1.29, 1.82) is 0 Å². The normalized spacial score (nSPS) is 15.6. The van der Waals surface area contributed by atoms with E-state index >= 15 is 0 Å². The van der Waals surface area contributed by atoms with Crippen LogP contribution in [0.5, 0.6) is 0 Å². The number of pyridine rings is 1. The predicted octanol–water partition coefficient (Wildman–Crippen LogP) is 3.42. The first-order valence-corrected chi connectivity index (χ1v) is 10.2. The number of rotatable bonds is 7. The van der Waals surface area contributed by atoms with Crippen molar-refractivity contribution >= 4 is 11.4 Å². The van der Waals surface area contributed by atoms with Gasteiger partial charge in [-0.15, -0.1) is 0 Å². The molecule has 0 spiro atoms. The molecule has 5 nitrogen and oxygen atoms in total. The average molecular weight is 422 g/mol. The van der Waals surface area contributed by atoms with E-state index in [0.717, 1.165) is 50.6 Å². The molecule has 2 heterocycles. The molecule has 3 rings (SSSR count). The number of aromatic nitrogens is 1. The summed E-state index contributed by atoms with van der Waals surface area (Å²) in [5.74, 6) is 0. The van der Waals surface area contributed by atoms with Crippen molar-refractivity contribution in [3.05, 3.63) is 53.9 Å². The molecule has 1 aromatic heterocycles. The molecule has 8 heteroatoms. The number of hydrogen-bond donors (Lipinski definition) is 0. The predicted molar refractivity (Wildman–Crippen MR) is 115 cm³/mol. The van der Waals surface area contributed by atoms with E-state index in [9.17, 15) is 13.2 Å². The fraction of sp³-hybridized carbons (Fsp3) is 0.500. The zero-order valence-electron chi connectivity index (χ0n) is 17.9. The number of nitrogens with zero attached hydrogens (tertiary/aromatic N) is 5. The Balaban J connectivity index is 1.71. The van der Waals surface area contributed by atoms with Gasteiger partial charge in [0.25, 0.3) is 0 Å². The van der Waals surface area contributed by atoms with E-state index in [1.54, 1.807) is 24.5 Å². The Hall–Kier alpha value is -2.32. The van der Waals surface area contributed by atoms with Crippen molar-refractivity contribution < 1.29 is 13.2 Å². The van der Waals surface area contributed by atoms with Crippen LogP contribution in [0.25, 0.3) is 0 Å². The molecule has 0 saturated carbocycles. The van der Waals surface area contributed by atoms with E-state index in [1.165, 1.54) is 6.07 Å². The first kappa shape index (κ1) is 22.4. The molecule has 164 valence electrons. The van der Waals surface area contributed by atoms with Crippen molar-refractivity contribution in [2.75, 3.05) is 70.2 Å². The summed E-state index contributed by atoms with van der Waals surface area (Å²) >= 11 is 0. The van der Waals surface area contributed by atoms with Crippen molar-refractivity contribution in [2.24, 2.45) is 0 Å². The van der Waals surface area contributed by atoms with Gasteiger partial charge in [0.15, 0.2) is 0 Å². The third-order valence-corrected chi connectivity index (χ3v) is 5.51. The second kappa shape index (κ2) is 9.66. The topological polar surface area (TPSA) is 25.9 Å². The number of hydrogen-bond acceptors (Lipinski definition) is 5. The first-order chi connectivity index (χ1) is 14.2. The molecule has 0 amide bonds. The summed E-state index contributed by atoms with van der Waals surface area (Å²) in [7, 11) is 5.89. The summed E-state index contributed by atoms with van der Waals surface area (Å²) in [5.41, 5.74) is 1.72. The first-order valence-electron chi connectivity index (χ1n) is 10.2. The minimum absolute atomic E-state index is 0.300. The van der Waals surface area contributed by atoms with Crippen molar-refractivity contribution in [1.82, 2.24) is 14.8 Å². The van der Waals surface area contributed by atoms with Gasteiger partial charge < -0.3 is 14.7 Å². The maximum absolute atomic E-state index is 13.6. The number of halogens is 3. The largest absolute Gasteiger partial charge is 0.416 e. The minimum Gasteiger partial charge on any atom is -0.373 e. The summed E-state index contributed by atoms with van der Waals surface area (Å²) < 4.78 is 40.9. The van der Waals surface area contributed by atoms with Crippen LogP contribution >= 0.6 is 0 Å². The number of benzene rings is 1. The van der Waals surface area contributed by atoms with E-state index < -0.39 is 11.7 Å². The van der Waals surface area contributed by atoms with Gasteiger partial charge in [0.2, 0.25) is 0 Å². The van der Waals surface area contributed by atoms with Gasteiger partial charge in [-0.25, -0.2) is 0 Å². The molecule has 30 heavy (non-hydrogen) atoms. The Kier molecular flexibility index (Phi) is 7.20. The van der Waals surface area contributed by atoms with Gasteiger partial charge in [0.1, 0.15) is 0 Å².